The van der Waals surface area contributed by atoms with Gasteiger partial charge in [-0.25, -0.2) is 8.42 Å². The normalized spacial score (nSPS) is 15.7. The summed E-state index contributed by atoms with van der Waals surface area (Å²) in [4.78, 5) is 2.28. The largest absolute Gasteiger partial charge is 0.493 e. The lowest BCUT2D eigenvalue weighted by molar-refractivity contribution is 0.354. The van der Waals surface area contributed by atoms with Crippen molar-refractivity contribution in [2.24, 2.45) is 0 Å². The van der Waals surface area contributed by atoms with Crippen LogP contribution in [-0.4, -0.2) is 53.1 Å². The molecule has 0 atom stereocenters. The first-order chi connectivity index (χ1) is 12.5. The molecule has 0 radical (unpaired) electrons. The minimum atomic E-state index is -3.59. The van der Waals surface area contributed by atoms with Crippen LogP contribution < -0.4 is 14.4 Å². The number of hydrogen-bond donors (Lipinski definition) is 0. The molecule has 2 aromatic carbocycles. The number of nitrogens with zero attached hydrogens (tertiary/aromatic N) is 2. The number of hydrogen-bond acceptors (Lipinski definition) is 5. The topological polar surface area (TPSA) is 59.1 Å². The van der Waals surface area contributed by atoms with E-state index in [0.29, 0.717) is 37.7 Å². The number of ether oxygens (including phenoxy) is 2. The number of halogens is 1. The Labute approximate surface area is 158 Å². The first kappa shape index (κ1) is 18.8. The highest BCUT2D eigenvalue weighted by Gasteiger charge is 2.30. The van der Waals surface area contributed by atoms with Gasteiger partial charge < -0.3 is 14.4 Å². The summed E-state index contributed by atoms with van der Waals surface area (Å²) in [7, 11) is -0.406. The Morgan fingerprint density at radius 1 is 0.923 bits per heavy atom. The molecule has 1 saturated heterocycles. The van der Waals surface area contributed by atoms with Crippen LogP contribution in [0.1, 0.15) is 0 Å². The molecule has 0 unspecified atom stereocenters. The van der Waals surface area contributed by atoms with E-state index in [1.54, 1.807) is 38.5 Å². The predicted molar refractivity (Wildman–Crippen MR) is 102 cm³/mol. The number of anilines is 1. The van der Waals surface area contributed by atoms with E-state index in [-0.39, 0.29) is 9.92 Å². The predicted octanol–water partition coefficient (Wildman–Crippen LogP) is 2.87. The molecule has 0 saturated carbocycles. The summed E-state index contributed by atoms with van der Waals surface area (Å²) in [5.74, 6) is 1.31. The van der Waals surface area contributed by atoms with Gasteiger partial charge in [-0.05, 0) is 24.3 Å². The lowest BCUT2D eigenvalue weighted by atomic mass is 10.2. The monoisotopic (exact) mass is 396 g/mol. The first-order valence-corrected chi connectivity index (χ1v) is 10.0. The number of benzene rings is 2. The molecular formula is C18H21ClN2O4S. The maximum atomic E-state index is 12.8. The molecule has 0 N–H and O–H groups in total. The summed E-state index contributed by atoms with van der Waals surface area (Å²) in [5, 5.41) is 0.245. The maximum absolute atomic E-state index is 12.8. The third-order valence-electron chi connectivity index (χ3n) is 4.43. The zero-order valence-corrected chi connectivity index (χ0v) is 16.3. The van der Waals surface area contributed by atoms with E-state index in [1.165, 1.54) is 4.31 Å². The number of sulfonamides is 1. The van der Waals surface area contributed by atoms with Crippen LogP contribution in [0, 0.1) is 0 Å². The van der Waals surface area contributed by atoms with Gasteiger partial charge in [0.25, 0.3) is 0 Å². The SMILES string of the molecule is COc1ccc(N2CCN(S(=O)(=O)c3ccccc3Cl)CC2)cc1OC. The van der Waals surface area contributed by atoms with Gasteiger partial charge in [-0.3, -0.25) is 0 Å². The first-order valence-electron chi connectivity index (χ1n) is 8.19. The number of rotatable bonds is 5. The van der Waals surface area contributed by atoms with Crippen LogP contribution in [0.2, 0.25) is 5.02 Å². The fraction of sp³-hybridized carbons (Fsp3) is 0.333. The molecule has 2 aromatic rings. The Kier molecular flexibility index (Phi) is 5.60. The van der Waals surface area contributed by atoms with Crippen LogP contribution >= 0.6 is 11.6 Å². The molecule has 3 rings (SSSR count). The van der Waals surface area contributed by atoms with E-state index >= 15 is 0 Å². The Morgan fingerprint density at radius 2 is 1.58 bits per heavy atom. The van der Waals surface area contributed by atoms with Crippen molar-refractivity contribution in [3.05, 3.63) is 47.5 Å². The minimum Gasteiger partial charge on any atom is -0.493 e. The molecule has 26 heavy (non-hydrogen) atoms. The molecule has 0 amide bonds. The second-order valence-electron chi connectivity index (χ2n) is 5.86. The fourth-order valence-corrected chi connectivity index (χ4v) is 4.92. The van der Waals surface area contributed by atoms with Crippen molar-refractivity contribution in [1.82, 2.24) is 4.31 Å². The van der Waals surface area contributed by atoms with Gasteiger partial charge in [-0.15, -0.1) is 0 Å². The highest BCUT2D eigenvalue weighted by molar-refractivity contribution is 7.89. The summed E-state index contributed by atoms with van der Waals surface area (Å²) in [5.41, 5.74) is 0.970. The number of piperazine rings is 1. The summed E-state index contributed by atoms with van der Waals surface area (Å²) in [6.45, 7) is 1.95. The summed E-state index contributed by atoms with van der Waals surface area (Å²) in [6.07, 6.45) is 0. The van der Waals surface area contributed by atoms with Gasteiger partial charge >= 0.3 is 0 Å². The molecule has 0 bridgehead atoms. The van der Waals surface area contributed by atoms with Crippen LogP contribution in [-0.2, 0) is 10.0 Å². The Morgan fingerprint density at radius 3 is 2.19 bits per heavy atom. The zero-order chi connectivity index (χ0) is 18.7. The quantitative estimate of drug-likeness (QED) is 0.777. The Bertz CT molecular complexity index is 881. The molecule has 0 spiro atoms. The molecule has 6 nitrogen and oxygen atoms in total. The smallest absolute Gasteiger partial charge is 0.244 e. The van der Waals surface area contributed by atoms with Crippen LogP contribution in [0.4, 0.5) is 5.69 Å². The fourth-order valence-electron chi connectivity index (χ4n) is 3.00. The van der Waals surface area contributed by atoms with Gasteiger partial charge in [0.2, 0.25) is 10.0 Å². The lowest BCUT2D eigenvalue weighted by Crippen LogP contribution is -2.48. The van der Waals surface area contributed by atoms with Crippen molar-refractivity contribution in [2.45, 2.75) is 4.90 Å². The molecular weight excluding hydrogens is 376 g/mol. The molecule has 1 aliphatic heterocycles. The van der Waals surface area contributed by atoms with Crippen molar-refractivity contribution in [1.29, 1.82) is 0 Å². The Hall–Kier alpha value is -1.96. The van der Waals surface area contributed by atoms with Crippen LogP contribution in [0.3, 0.4) is 0 Å². The van der Waals surface area contributed by atoms with E-state index < -0.39 is 10.0 Å². The molecule has 1 aliphatic rings. The average Bonchev–Trinajstić information content (AvgIpc) is 2.67. The molecule has 0 aromatic heterocycles. The van der Waals surface area contributed by atoms with Crippen LogP contribution in [0.25, 0.3) is 0 Å². The second-order valence-corrected chi connectivity index (χ2v) is 8.17. The van der Waals surface area contributed by atoms with Crippen molar-refractivity contribution in [3.63, 3.8) is 0 Å². The van der Waals surface area contributed by atoms with Gasteiger partial charge in [-0.1, -0.05) is 23.7 Å². The zero-order valence-electron chi connectivity index (χ0n) is 14.7. The molecule has 1 fully saturated rings. The molecule has 0 aliphatic carbocycles. The van der Waals surface area contributed by atoms with E-state index in [4.69, 9.17) is 21.1 Å². The van der Waals surface area contributed by atoms with E-state index in [1.807, 2.05) is 18.2 Å². The standard InChI is InChI=1S/C18H21ClN2O4S/c1-24-16-8-7-14(13-17(16)25-2)20-9-11-21(12-10-20)26(22,23)18-6-4-3-5-15(18)19/h3-8,13H,9-12H2,1-2H3. The lowest BCUT2D eigenvalue weighted by Gasteiger charge is -2.35. The minimum absolute atomic E-state index is 0.154. The highest BCUT2D eigenvalue weighted by atomic mass is 35.5. The van der Waals surface area contributed by atoms with E-state index in [0.717, 1.165) is 5.69 Å². The maximum Gasteiger partial charge on any atom is 0.244 e. The van der Waals surface area contributed by atoms with Crippen LogP contribution in [0.15, 0.2) is 47.4 Å². The second kappa shape index (κ2) is 7.73. The van der Waals surface area contributed by atoms with Crippen molar-refractivity contribution in [2.75, 3.05) is 45.3 Å². The van der Waals surface area contributed by atoms with Crippen molar-refractivity contribution >= 4 is 27.3 Å². The number of methoxy groups -OCH3 is 2. The molecule has 1 heterocycles. The van der Waals surface area contributed by atoms with Crippen LogP contribution in [0.5, 0.6) is 11.5 Å². The van der Waals surface area contributed by atoms with Gasteiger partial charge in [-0.2, -0.15) is 4.31 Å². The summed E-state index contributed by atoms with van der Waals surface area (Å²) in [6, 6.07) is 12.2. The average molecular weight is 397 g/mol. The third-order valence-corrected chi connectivity index (χ3v) is 6.82. The molecule has 8 heteroatoms. The van der Waals surface area contributed by atoms with Crippen molar-refractivity contribution < 1.29 is 17.9 Å². The van der Waals surface area contributed by atoms with Crippen molar-refractivity contribution in [3.8, 4) is 11.5 Å². The third kappa shape index (κ3) is 3.60. The van der Waals surface area contributed by atoms with Gasteiger partial charge in [0.05, 0.1) is 19.2 Å². The van der Waals surface area contributed by atoms with E-state index in [2.05, 4.69) is 4.90 Å². The van der Waals surface area contributed by atoms with Gasteiger partial charge in [0.1, 0.15) is 4.90 Å². The highest BCUT2D eigenvalue weighted by Crippen LogP contribution is 2.32. The van der Waals surface area contributed by atoms with Gasteiger partial charge in [0.15, 0.2) is 11.5 Å². The van der Waals surface area contributed by atoms with E-state index in [9.17, 15) is 8.42 Å². The van der Waals surface area contributed by atoms with Gasteiger partial charge in [0, 0.05) is 37.9 Å². The summed E-state index contributed by atoms with van der Waals surface area (Å²) >= 11 is 6.07. The molecule has 140 valence electrons. The Balaban J connectivity index is 1.74. The summed E-state index contributed by atoms with van der Waals surface area (Å²) < 4.78 is 37.7.